The van der Waals surface area contributed by atoms with E-state index in [-0.39, 0.29) is 0 Å². The van der Waals surface area contributed by atoms with Crippen LogP contribution in [0.15, 0.2) is 18.2 Å². The van der Waals surface area contributed by atoms with Gasteiger partial charge in [0.25, 0.3) is 0 Å². The molecule has 0 aromatic heterocycles. The number of carbonyl (C=O) groups is 3. The van der Waals surface area contributed by atoms with E-state index in [0.717, 1.165) is 19.9 Å². The van der Waals surface area contributed by atoms with Gasteiger partial charge >= 0.3 is 24.1 Å². The molecule has 0 saturated heterocycles. The molecule has 1 aromatic carbocycles. The fourth-order valence-corrected chi connectivity index (χ4v) is 1.29. The van der Waals surface area contributed by atoms with Gasteiger partial charge in [-0.15, -0.1) is 0 Å². The third-order valence-electron chi connectivity index (χ3n) is 2.02. The monoisotopic (exact) mass is 290 g/mol. The fourth-order valence-electron chi connectivity index (χ4n) is 1.29. The second-order valence-electron chi connectivity index (χ2n) is 3.68. The predicted octanol–water partition coefficient (Wildman–Crippen LogP) is 2.33. The molecule has 0 unspecified atom stereocenters. The molecule has 0 N–H and O–H groups in total. The number of hydrogen-bond acceptors (Lipinski definition) is 5. The number of benzene rings is 1. The van der Waals surface area contributed by atoms with Crippen molar-refractivity contribution in [2.45, 2.75) is 20.0 Å². The standard InChI is InChI=1S/C12H9F3O5/c1-6(16)19-10-5-8(12(13,14)15)3-4-9(10)11(18)20-7(2)17/h3-5H,1-2H3. The second kappa shape index (κ2) is 5.72. The van der Waals surface area contributed by atoms with Crippen molar-refractivity contribution < 1.29 is 37.0 Å². The summed E-state index contributed by atoms with van der Waals surface area (Å²) < 4.78 is 46.4. The quantitative estimate of drug-likeness (QED) is 0.475. The van der Waals surface area contributed by atoms with Crippen molar-refractivity contribution in [3.63, 3.8) is 0 Å². The smallest absolute Gasteiger partial charge is 0.416 e. The Hall–Kier alpha value is -2.38. The maximum absolute atomic E-state index is 12.5. The summed E-state index contributed by atoms with van der Waals surface area (Å²) >= 11 is 0. The van der Waals surface area contributed by atoms with Gasteiger partial charge in [0.1, 0.15) is 11.3 Å². The van der Waals surface area contributed by atoms with E-state index in [0.29, 0.717) is 12.1 Å². The number of halogens is 3. The van der Waals surface area contributed by atoms with Crippen LogP contribution in [-0.2, 0) is 20.5 Å². The summed E-state index contributed by atoms with van der Waals surface area (Å²) in [7, 11) is 0. The molecule has 0 aliphatic rings. The molecule has 8 heteroatoms. The highest BCUT2D eigenvalue weighted by molar-refractivity contribution is 5.99. The Balaban J connectivity index is 3.26. The Morgan fingerprint density at radius 3 is 2.10 bits per heavy atom. The van der Waals surface area contributed by atoms with Gasteiger partial charge in [-0.3, -0.25) is 9.59 Å². The SMILES string of the molecule is CC(=O)OC(=O)c1ccc(C(F)(F)F)cc1OC(C)=O. The molecule has 0 spiro atoms. The Kier molecular flexibility index (Phi) is 4.49. The van der Waals surface area contributed by atoms with Crippen LogP contribution in [-0.4, -0.2) is 17.9 Å². The van der Waals surface area contributed by atoms with Gasteiger partial charge < -0.3 is 9.47 Å². The highest BCUT2D eigenvalue weighted by Crippen LogP contribution is 2.33. The maximum atomic E-state index is 12.5. The first-order valence-corrected chi connectivity index (χ1v) is 5.23. The van der Waals surface area contributed by atoms with Crippen molar-refractivity contribution >= 4 is 17.9 Å². The van der Waals surface area contributed by atoms with Gasteiger partial charge in [-0.2, -0.15) is 13.2 Å². The summed E-state index contributed by atoms with van der Waals surface area (Å²) in [5.41, 5.74) is -1.56. The number of esters is 3. The Labute approximate surface area is 111 Å². The molecule has 0 radical (unpaired) electrons. The van der Waals surface area contributed by atoms with Crippen LogP contribution in [0.1, 0.15) is 29.8 Å². The van der Waals surface area contributed by atoms with Crippen molar-refractivity contribution in [3.8, 4) is 5.75 Å². The lowest BCUT2D eigenvalue weighted by molar-refractivity contribution is -0.139. The molecule has 0 aliphatic carbocycles. The Bertz CT molecular complexity index is 563. The van der Waals surface area contributed by atoms with Crippen molar-refractivity contribution in [2.24, 2.45) is 0 Å². The van der Waals surface area contributed by atoms with Crippen LogP contribution >= 0.6 is 0 Å². The fraction of sp³-hybridized carbons (Fsp3) is 0.250. The molecule has 1 aromatic rings. The molecule has 0 saturated carbocycles. The summed E-state index contributed by atoms with van der Waals surface area (Å²) in [6.45, 7) is 1.91. The molecule has 0 amide bonds. The van der Waals surface area contributed by atoms with Crippen LogP contribution in [0.2, 0.25) is 0 Å². The van der Waals surface area contributed by atoms with Gasteiger partial charge in [0.15, 0.2) is 0 Å². The lowest BCUT2D eigenvalue weighted by Gasteiger charge is -2.11. The first kappa shape index (κ1) is 15.7. The average Bonchev–Trinajstić information content (AvgIpc) is 2.25. The number of alkyl halides is 3. The van der Waals surface area contributed by atoms with Gasteiger partial charge in [-0.05, 0) is 18.2 Å². The van der Waals surface area contributed by atoms with E-state index in [1.165, 1.54) is 0 Å². The lowest BCUT2D eigenvalue weighted by atomic mass is 10.1. The molecule has 0 heterocycles. The normalized spacial score (nSPS) is 10.8. The summed E-state index contributed by atoms with van der Waals surface area (Å²) in [6, 6.07) is 1.87. The summed E-state index contributed by atoms with van der Waals surface area (Å²) in [4.78, 5) is 33.0. The van der Waals surface area contributed by atoms with E-state index in [1.807, 2.05) is 0 Å². The number of hydrogen-bond donors (Lipinski definition) is 0. The van der Waals surface area contributed by atoms with Crippen LogP contribution < -0.4 is 4.74 Å². The molecule has 0 atom stereocenters. The van der Waals surface area contributed by atoms with Crippen LogP contribution in [0.25, 0.3) is 0 Å². The van der Waals surface area contributed by atoms with Gasteiger partial charge in [-0.1, -0.05) is 0 Å². The average molecular weight is 290 g/mol. The van der Waals surface area contributed by atoms with Crippen molar-refractivity contribution in [2.75, 3.05) is 0 Å². The first-order chi connectivity index (χ1) is 9.11. The third-order valence-corrected chi connectivity index (χ3v) is 2.02. The number of ether oxygens (including phenoxy) is 2. The minimum absolute atomic E-state index is 0.455. The second-order valence-corrected chi connectivity index (χ2v) is 3.68. The summed E-state index contributed by atoms with van der Waals surface area (Å²) in [6.07, 6.45) is -4.67. The van der Waals surface area contributed by atoms with Crippen LogP contribution in [0.4, 0.5) is 13.2 Å². The van der Waals surface area contributed by atoms with Gasteiger partial charge in [0.05, 0.1) is 5.56 Å². The zero-order valence-electron chi connectivity index (χ0n) is 10.4. The molecular formula is C12H9F3O5. The van der Waals surface area contributed by atoms with Gasteiger partial charge in [0.2, 0.25) is 0 Å². The minimum Gasteiger partial charge on any atom is -0.426 e. The van der Waals surface area contributed by atoms with Gasteiger partial charge in [0, 0.05) is 13.8 Å². The van der Waals surface area contributed by atoms with Gasteiger partial charge in [-0.25, -0.2) is 4.79 Å². The van der Waals surface area contributed by atoms with E-state index >= 15 is 0 Å². The minimum atomic E-state index is -4.67. The Morgan fingerprint density at radius 1 is 1.05 bits per heavy atom. The summed E-state index contributed by atoms with van der Waals surface area (Å²) in [5.74, 6) is -3.69. The van der Waals surface area contributed by atoms with E-state index in [1.54, 1.807) is 0 Å². The highest BCUT2D eigenvalue weighted by Gasteiger charge is 2.32. The van der Waals surface area contributed by atoms with Crippen LogP contribution in [0.3, 0.4) is 0 Å². The Morgan fingerprint density at radius 2 is 1.65 bits per heavy atom. The molecule has 0 fully saturated rings. The first-order valence-electron chi connectivity index (χ1n) is 5.23. The number of carbonyl (C=O) groups excluding carboxylic acids is 3. The molecule has 0 bridgehead atoms. The van der Waals surface area contributed by atoms with Crippen LogP contribution in [0.5, 0.6) is 5.75 Å². The van der Waals surface area contributed by atoms with E-state index in [9.17, 15) is 27.6 Å². The number of rotatable bonds is 2. The molecule has 5 nitrogen and oxygen atoms in total. The summed E-state index contributed by atoms with van der Waals surface area (Å²) in [5, 5.41) is 0. The molecule has 1 rings (SSSR count). The largest absolute Gasteiger partial charge is 0.426 e. The van der Waals surface area contributed by atoms with Crippen molar-refractivity contribution in [1.29, 1.82) is 0 Å². The zero-order chi connectivity index (χ0) is 15.5. The highest BCUT2D eigenvalue weighted by atomic mass is 19.4. The maximum Gasteiger partial charge on any atom is 0.416 e. The molecule has 20 heavy (non-hydrogen) atoms. The zero-order valence-corrected chi connectivity index (χ0v) is 10.4. The molecule has 0 aliphatic heterocycles. The van der Waals surface area contributed by atoms with E-state index in [2.05, 4.69) is 9.47 Å². The van der Waals surface area contributed by atoms with Crippen molar-refractivity contribution in [1.82, 2.24) is 0 Å². The molecular weight excluding hydrogens is 281 g/mol. The third kappa shape index (κ3) is 4.08. The van der Waals surface area contributed by atoms with E-state index in [4.69, 9.17) is 0 Å². The molecule has 108 valence electrons. The van der Waals surface area contributed by atoms with E-state index < -0.39 is 41.0 Å². The lowest BCUT2D eigenvalue weighted by Crippen LogP contribution is -2.14. The predicted molar refractivity (Wildman–Crippen MR) is 58.8 cm³/mol. The topological polar surface area (TPSA) is 69.7 Å². The van der Waals surface area contributed by atoms with Crippen molar-refractivity contribution in [3.05, 3.63) is 29.3 Å². The van der Waals surface area contributed by atoms with Crippen LogP contribution in [0, 0.1) is 0 Å².